The number of rotatable bonds is 4. The number of anilines is 3. The maximum Gasteiger partial charge on any atom is 0.225 e. The van der Waals surface area contributed by atoms with E-state index in [1.807, 2.05) is 36.4 Å². The van der Waals surface area contributed by atoms with E-state index in [4.69, 9.17) is 0 Å². The van der Waals surface area contributed by atoms with Gasteiger partial charge in [-0.25, -0.2) is 4.98 Å². The van der Waals surface area contributed by atoms with Crippen LogP contribution in [0.3, 0.4) is 0 Å². The predicted octanol–water partition coefficient (Wildman–Crippen LogP) is 2.77. The Morgan fingerprint density at radius 2 is 2.20 bits per heavy atom. The van der Waals surface area contributed by atoms with Crippen molar-refractivity contribution in [2.75, 3.05) is 17.7 Å². The van der Waals surface area contributed by atoms with Gasteiger partial charge in [0, 0.05) is 20.3 Å². The maximum atomic E-state index is 4.51. The van der Waals surface area contributed by atoms with Crippen LogP contribution in [0.1, 0.15) is 12.6 Å². The molecular weight excluding hydrogens is 272 g/mol. The van der Waals surface area contributed by atoms with E-state index in [9.17, 15) is 0 Å². The van der Waals surface area contributed by atoms with Crippen molar-refractivity contribution in [3.05, 3.63) is 23.3 Å². The van der Waals surface area contributed by atoms with E-state index in [2.05, 4.69) is 32.6 Å². The zero-order valence-corrected chi connectivity index (χ0v) is 12.5. The number of nitrogens with zero attached hydrogens (tertiary/aromatic N) is 4. The maximum absolute atomic E-state index is 4.51. The van der Waals surface area contributed by atoms with Gasteiger partial charge >= 0.3 is 0 Å². The Kier molecular flexibility index (Phi) is 3.27. The summed E-state index contributed by atoms with van der Waals surface area (Å²) < 4.78 is 1.81. The SMILES string of the molecule is CCc1nn(C)cc1Nc1nc(NC)nc2sccc12. The van der Waals surface area contributed by atoms with E-state index in [0.29, 0.717) is 5.95 Å². The smallest absolute Gasteiger partial charge is 0.225 e. The molecule has 3 aromatic rings. The van der Waals surface area contributed by atoms with Crippen molar-refractivity contribution in [3.63, 3.8) is 0 Å². The quantitative estimate of drug-likeness (QED) is 0.772. The normalized spacial score (nSPS) is 10.9. The summed E-state index contributed by atoms with van der Waals surface area (Å²) in [5.41, 5.74) is 2.02. The highest BCUT2D eigenvalue weighted by Crippen LogP contribution is 2.29. The molecule has 0 atom stereocenters. The fraction of sp³-hybridized carbons (Fsp3) is 0.308. The minimum absolute atomic E-state index is 0.615. The highest BCUT2D eigenvalue weighted by atomic mass is 32.1. The third kappa shape index (κ3) is 2.20. The lowest BCUT2D eigenvalue weighted by atomic mass is 10.3. The van der Waals surface area contributed by atoms with Crippen molar-refractivity contribution in [1.29, 1.82) is 0 Å². The standard InChI is InChI=1S/C13H16N6S/c1-4-9-10(7-19(3)18-9)15-11-8-5-6-20-12(8)17-13(14-2)16-11/h5-7H,4H2,1-3H3,(H2,14,15,16,17). The molecule has 0 fully saturated rings. The van der Waals surface area contributed by atoms with Crippen LogP contribution in [0.5, 0.6) is 0 Å². The fourth-order valence-corrected chi connectivity index (χ4v) is 2.85. The van der Waals surface area contributed by atoms with E-state index >= 15 is 0 Å². The van der Waals surface area contributed by atoms with Gasteiger partial charge in [0.15, 0.2) is 0 Å². The molecule has 104 valence electrons. The molecule has 0 aromatic carbocycles. The van der Waals surface area contributed by atoms with Crippen LogP contribution in [-0.2, 0) is 13.5 Å². The third-order valence-corrected chi connectivity index (χ3v) is 3.85. The number of hydrogen-bond donors (Lipinski definition) is 2. The molecule has 0 aliphatic rings. The highest BCUT2D eigenvalue weighted by molar-refractivity contribution is 7.16. The summed E-state index contributed by atoms with van der Waals surface area (Å²) in [6.45, 7) is 2.09. The Labute approximate surface area is 120 Å². The largest absolute Gasteiger partial charge is 0.357 e. The van der Waals surface area contributed by atoms with Gasteiger partial charge in [-0.1, -0.05) is 6.92 Å². The predicted molar refractivity (Wildman–Crippen MR) is 82.8 cm³/mol. The fourth-order valence-electron chi connectivity index (χ4n) is 2.09. The average molecular weight is 288 g/mol. The Bertz CT molecular complexity index is 744. The molecule has 3 rings (SSSR count). The molecule has 0 saturated heterocycles. The number of hydrogen-bond acceptors (Lipinski definition) is 6. The average Bonchev–Trinajstić information content (AvgIpc) is 3.04. The Balaban J connectivity index is 2.07. The third-order valence-electron chi connectivity index (χ3n) is 3.04. The van der Waals surface area contributed by atoms with Crippen LogP contribution in [0.4, 0.5) is 17.5 Å². The zero-order valence-electron chi connectivity index (χ0n) is 11.6. The number of aromatic nitrogens is 4. The van der Waals surface area contributed by atoms with Crippen molar-refractivity contribution >= 4 is 39.0 Å². The van der Waals surface area contributed by atoms with Crippen LogP contribution in [0.25, 0.3) is 10.2 Å². The number of fused-ring (bicyclic) bond motifs is 1. The molecular formula is C13H16N6S. The first-order valence-electron chi connectivity index (χ1n) is 6.43. The molecule has 20 heavy (non-hydrogen) atoms. The van der Waals surface area contributed by atoms with Crippen molar-refractivity contribution in [2.45, 2.75) is 13.3 Å². The van der Waals surface area contributed by atoms with E-state index in [1.165, 1.54) is 0 Å². The van der Waals surface area contributed by atoms with Crippen LogP contribution in [0.2, 0.25) is 0 Å². The molecule has 3 aromatic heterocycles. The molecule has 0 unspecified atom stereocenters. The summed E-state index contributed by atoms with van der Waals surface area (Å²) in [6, 6.07) is 2.03. The summed E-state index contributed by atoms with van der Waals surface area (Å²) in [7, 11) is 3.74. The first-order valence-corrected chi connectivity index (χ1v) is 7.31. The van der Waals surface area contributed by atoms with Crippen molar-refractivity contribution < 1.29 is 0 Å². The van der Waals surface area contributed by atoms with Crippen LogP contribution in [-0.4, -0.2) is 26.8 Å². The molecule has 7 heteroatoms. The number of aryl methyl sites for hydroxylation is 2. The molecule has 2 N–H and O–H groups in total. The summed E-state index contributed by atoms with van der Waals surface area (Å²) in [5.74, 6) is 1.42. The second-order valence-corrected chi connectivity index (χ2v) is 5.32. The Morgan fingerprint density at radius 1 is 1.35 bits per heavy atom. The van der Waals surface area contributed by atoms with Crippen LogP contribution in [0, 0.1) is 0 Å². The second-order valence-electron chi connectivity index (χ2n) is 4.43. The highest BCUT2D eigenvalue weighted by Gasteiger charge is 2.12. The molecule has 0 bridgehead atoms. The molecule has 0 radical (unpaired) electrons. The summed E-state index contributed by atoms with van der Waals surface area (Å²) in [5, 5.41) is 13.9. The first-order chi connectivity index (χ1) is 9.71. The van der Waals surface area contributed by atoms with E-state index in [0.717, 1.165) is 33.8 Å². The van der Waals surface area contributed by atoms with Crippen molar-refractivity contribution in [3.8, 4) is 0 Å². The molecule has 0 saturated carbocycles. The lowest BCUT2D eigenvalue weighted by Crippen LogP contribution is -2.01. The molecule has 0 aliphatic carbocycles. The lowest BCUT2D eigenvalue weighted by molar-refractivity contribution is 0.746. The summed E-state index contributed by atoms with van der Waals surface area (Å²) in [4.78, 5) is 9.91. The van der Waals surface area contributed by atoms with E-state index in [1.54, 1.807) is 11.3 Å². The van der Waals surface area contributed by atoms with E-state index in [-0.39, 0.29) is 0 Å². The number of thiophene rings is 1. The van der Waals surface area contributed by atoms with E-state index < -0.39 is 0 Å². The van der Waals surface area contributed by atoms with Gasteiger partial charge < -0.3 is 10.6 Å². The van der Waals surface area contributed by atoms with Crippen LogP contribution >= 0.6 is 11.3 Å². The number of nitrogens with one attached hydrogen (secondary N) is 2. The molecule has 0 amide bonds. The van der Waals surface area contributed by atoms with Gasteiger partial charge in [-0.15, -0.1) is 11.3 Å². The Morgan fingerprint density at radius 3 is 2.95 bits per heavy atom. The van der Waals surface area contributed by atoms with Crippen molar-refractivity contribution in [2.24, 2.45) is 7.05 Å². The monoisotopic (exact) mass is 288 g/mol. The molecule has 0 spiro atoms. The van der Waals surface area contributed by atoms with Gasteiger partial charge in [-0.2, -0.15) is 10.1 Å². The van der Waals surface area contributed by atoms with Crippen LogP contribution < -0.4 is 10.6 Å². The minimum Gasteiger partial charge on any atom is -0.357 e. The summed E-state index contributed by atoms with van der Waals surface area (Å²) in [6.07, 6.45) is 2.85. The van der Waals surface area contributed by atoms with Gasteiger partial charge in [0.1, 0.15) is 10.6 Å². The van der Waals surface area contributed by atoms with Gasteiger partial charge in [-0.3, -0.25) is 4.68 Å². The van der Waals surface area contributed by atoms with Gasteiger partial charge in [-0.05, 0) is 17.9 Å². The first kappa shape index (κ1) is 12.9. The Hall–Kier alpha value is -2.15. The zero-order chi connectivity index (χ0) is 14.1. The minimum atomic E-state index is 0.615. The molecule has 3 heterocycles. The topological polar surface area (TPSA) is 67.7 Å². The van der Waals surface area contributed by atoms with Gasteiger partial charge in [0.05, 0.1) is 16.8 Å². The van der Waals surface area contributed by atoms with Crippen LogP contribution in [0.15, 0.2) is 17.6 Å². The second kappa shape index (κ2) is 5.09. The molecule has 0 aliphatic heterocycles. The van der Waals surface area contributed by atoms with Gasteiger partial charge in [0.25, 0.3) is 0 Å². The van der Waals surface area contributed by atoms with Crippen molar-refractivity contribution in [1.82, 2.24) is 19.7 Å². The lowest BCUT2D eigenvalue weighted by Gasteiger charge is -2.08. The molecule has 6 nitrogen and oxygen atoms in total. The van der Waals surface area contributed by atoms with Gasteiger partial charge in [0.2, 0.25) is 5.95 Å². The summed E-state index contributed by atoms with van der Waals surface area (Å²) >= 11 is 1.60.